The van der Waals surface area contributed by atoms with Crippen LogP contribution in [0.2, 0.25) is 0 Å². The maximum atomic E-state index is 12.3. The van der Waals surface area contributed by atoms with Crippen LogP contribution >= 0.6 is 0 Å². The summed E-state index contributed by atoms with van der Waals surface area (Å²) in [5.74, 6) is 0.223. The summed E-state index contributed by atoms with van der Waals surface area (Å²) in [6.45, 7) is 4.05. The summed E-state index contributed by atoms with van der Waals surface area (Å²) in [7, 11) is 0. The molecule has 0 saturated carbocycles. The summed E-state index contributed by atoms with van der Waals surface area (Å²) >= 11 is 0. The van der Waals surface area contributed by atoms with E-state index in [1.807, 2.05) is 61.5 Å². The monoisotopic (exact) mass is 381 g/mol. The fourth-order valence-corrected chi connectivity index (χ4v) is 3.32. The fraction of sp³-hybridized carbons (Fsp3) is 0.364. The fourth-order valence-electron chi connectivity index (χ4n) is 3.32. The molecule has 1 aliphatic heterocycles. The number of carbonyl (C=O) groups excluding carboxylic acids is 2. The molecule has 148 valence electrons. The topological polar surface area (TPSA) is 70.7 Å². The van der Waals surface area contributed by atoms with Crippen LogP contribution in [0.15, 0.2) is 54.6 Å². The Morgan fingerprint density at radius 2 is 1.86 bits per heavy atom. The summed E-state index contributed by atoms with van der Waals surface area (Å²) in [5.41, 5.74) is 2.79. The first-order chi connectivity index (χ1) is 13.6. The van der Waals surface area contributed by atoms with E-state index in [4.69, 9.17) is 4.74 Å². The second-order valence-corrected chi connectivity index (χ2v) is 7.14. The lowest BCUT2D eigenvalue weighted by molar-refractivity contribution is 0.0793. The van der Waals surface area contributed by atoms with Crippen LogP contribution in [0.4, 0.5) is 15.3 Å². The molecule has 0 spiro atoms. The van der Waals surface area contributed by atoms with Crippen LogP contribution < -0.4 is 10.6 Å². The Bertz CT molecular complexity index is 795. The Morgan fingerprint density at radius 3 is 2.64 bits per heavy atom. The highest BCUT2D eigenvalue weighted by atomic mass is 16.6. The zero-order valence-corrected chi connectivity index (χ0v) is 16.2. The number of hydrogen-bond acceptors (Lipinski definition) is 3. The van der Waals surface area contributed by atoms with Crippen LogP contribution in [0.5, 0.6) is 0 Å². The van der Waals surface area contributed by atoms with E-state index in [1.165, 1.54) is 0 Å². The number of ether oxygens (including phenoxy) is 1. The first-order valence-electron chi connectivity index (χ1n) is 9.68. The second kappa shape index (κ2) is 9.78. The van der Waals surface area contributed by atoms with Gasteiger partial charge in [0.25, 0.3) is 0 Å². The molecule has 1 fully saturated rings. The van der Waals surface area contributed by atoms with Crippen molar-refractivity contribution in [3.05, 3.63) is 65.7 Å². The molecule has 1 unspecified atom stereocenters. The quantitative estimate of drug-likeness (QED) is 0.817. The van der Waals surface area contributed by atoms with Gasteiger partial charge in [-0.2, -0.15) is 0 Å². The molecule has 0 radical (unpaired) electrons. The zero-order chi connectivity index (χ0) is 19.8. The lowest BCUT2D eigenvalue weighted by Gasteiger charge is -2.32. The Balaban J connectivity index is 1.42. The number of likely N-dealkylation sites (tertiary alicyclic amines) is 1. The second-order valence-electron chi connectivity index (χ2n) is 7.14. The van der Waals surface area contributed by atoms with Crippen LogP contribution in [0.1, 0.15) is 24.0 Å². The molecule has 3 rings (SSSR count). The summed E-state index contributed by atoms with van der Waals surface area (Å²) in [5, 5.41) is 5.78. The maximum Gasteiger partial charge on any atom is 0.410 e. The average molecular weight is 381 g/mol. The SMILES string of the molecule is Cc1ccccc1NC(=O)NCC1CCCN(C(=O)OCc2ccccc2)C1. The third kappa shape index (κ3) is 5.74. The predicted octanol–water partition coefficient (Wildman–Crippen LogP) is 4.17. The molecule has 1 saturated heterocycles. The predicted molar refractivity (Wildman–Crippen MR) is 109 cm³/mol. The molecule has 1 aliphatic rings. The zero-order valence-electron chi connectivity index (χ0n) is 16.2. The highest BCUT2D eigenvalue weighted by molar-refractivity contribution is 5.90. The Kier molecular flexibility index (Phi) is 6.89. The van der Waals surface area contributed by atoms with Crippen molar-refractivity contribution >= 4 is 17.8 Å². The van der Waals surface area contributed by atoms with Gasteiger partial charge in [-0.15, -0.1) is 0 Å². The number of benzene rings is 2. The minimum absolute atomic E-state index is 0.223. The standard InChI is InChI=1S/C22H27N3O3/c1-17-8-5-6-12-20(17)24-21(26)23-14-19-11-7-13-25(15-19)22(27)28-16-18-9-3-2-4-10-18/h2-6,8-10,12,19H,7,11,13-16H2,1H3,(H2,23,24,26). The highest BCUT2D eigenvalue weighted by Gasteiger charge is 2.25. The number of anilines is 1. The van der Waals surface area contributed by atoms with Crippen molar-refractivity contribution in [1.82, 2.24) is 10.2 Å². The summed E-state index contributed by atoms with van der Waals surface area (Å²) in [4.78, 5) is 26.2. The number of piperidine rings is 1. The number of urea groups is 1. The third-order valence-corrected chi connectivity index (χ3v) is 4.93. The molecule has 6 nitrogen and oxygen atoms in total. The van der Waals surface area contributed by atoms with E-state index in [0.29, 0.717) is 19.6 Å². The number of nitrogens with one attached hydrogen (secondary N) is 2. The van der Waals surface area contributed by atoms with Gasteiger partial charge >= 0.3 is 12.1 Å². The first kappa shape index (κ1) is 19.7. The molecule has 6 heteroatoms. The van der Waals surface area contributed by atoms with E-state index in [-0.39, 0.29) is 24.6 Å². The van der Waals surface area contributed by atoms with Crippen molar-refractivity contribution in [2.75, 3.05) is 25.0 Å². The van der Waals surface area contributed by atoms with Crippen molar-refractivity contribution < 1.29 is 14.3 Å². The molecule has 0 aromatic heterocycles. The normalized spacial score (nSPS) is 16.3. The van der Waals surface area contributed by atoms with Crippen LogP contribution in [0.25, 0.3) is 0 Å². The van der Waals surface area contributed by atoms with E-state index in [9.17, 15) is 9.59 Å². The van der Waals surface area contributed by atoms with Gasteiger partial charge in [-0.1, -0.05) is 48.5 Å². The molecular weight excluding hydrogens is 354 g/mol. The number of rotatable bonds is 5. The van der Waals surface area contributed by atoms with Crippen molar-refractivity contribution in [2.45, 2.75) is 26.4 Å². The van der Waals surface area contributed by atoms with Gasteiger partial charge < -0.3 is 20.3 Å². The summed E-state index contributed by atoms with van der Waals surface area (Å²) in [6, 6.07) is 17.1. The minimum Gasteiger partial charge on any atom is -0.445 e. The van der Waals surface area contributed by atoms with E-state index >= 15 is 0 Å². The van der Waals surface area contributed by atoms with E-state index in [2.05, 4.69) is 10.6 Å². The van der Waals surface area contributed by atoms with Crippen LogP contribution in [0.3, 0.4) is 0 Å². The van der Waals surface area contributed by atoms with Crippen molar-refractivity contribution in [2.24, 2.45) is 5.92 Å². The van der Waals surface area contributed by atoms with Gasteiger partial charge in [-0.3, -0.25) is 0 Å². The van der Waals surface area contributed by atoms with Gasteiger partial charge in [-0.05, 0) is 42.9 Å². The largest absolute Gasteiger partial charge is 0.445 e. The van der Waals surface area contributed by atoms with Gasteiger partial charge in [0, 0.05) is 25.3 Å². The molecule has 1 atom stereocenters. The molecule has 1 heterocycles. The molecule has 0 bridgehead atoms. The molecular formula is C22H27N3O3. The van der Waals surface area contributed by atoms with Crippen LogP contribution in [-0.4, -0.2) is 36.7 Å². The van der Waals surface area contributed by atoms with Gasteiger partial charge in [0.15, 0.2) is 0 Å². The number of nitrogens with zero attached hydrogens (tertiary/aromatic N) is 1. The average Bonchev–Trinajstić information content (AvgIpc) is 2.73. The maximum absolute atomic E-state index is 12.3. The van der Waals surface area contributed by atoms with Gasteiger partial charge in [-0.25, -0.2) is 9.59 Å². The molecule has 2 N–H and O–H groups in total. The van der Waals surface area contributed by atoms with Gasteiger partial charge in [0.05, 0.1) is 0 Å². The molecule has 0 aliphatic carbocycles. The van der Waals surface area contributed by atoms with E-state index in [1.54, 1.807) is 4.90 Å². The number of para-hydroxylation sites is 1. The Hall–Kier alpha value is -3.02. The van der Waals surface area contributed by atoms with Crippen molar-refractivity contribution in [3.8, 4) is 0 Å². The lowest BCUT2D eigenvalue weighted by Crippen LogP contribution is -2.44. The lowest BCUT2D eigenvalue weighted by atomic mass is 9.98. The van der Waals surface area contributed by atoms with Crippen molar-refractivity contribution in [1.29, 1.82) is 0 Å². The molecule has 28 heavy (non-hydrogen) atoms. The molecule has 2 aromatic carbocycles. The Morgan fingerprint density at radius 1 is 1.11 bits per heavy atom. The first-order valence-corrected chi connectivity index (χ1v) is 9.68. The Labute approximate surface area is 165 Å². The number of carbonyl (C=O) groups is 2. The number of hydrogen-bond donors (Lipinski definition) is 2. The number of amides is 3. The van der Waals surface area contributed by atoms with Crippen LogP contribution in [-0.2, 0) is 11.3 Å². The summed E-state index contributed by atoms with van der Waals surface area (Å²) < 4.78 is 5.42. The molecule has 2 aromatic rings. The number of aryl methyl sites for hydroxylation is 1. The summed E-state index contributed by atoms with van der Waals surface area (Å²) in [6.07, 6.45) is 1.59. The van der Waals surface area contributed by atoms with Crippen LogP contribution in [0, 0.1) is 12.8 Å². The third-order valence-electron chi connectivity index (χ3n) is 4.93. The minimum atomic E-state index is -0.294. The highest BCUT2D eigenvalue weighted by Crippen LogP contribution is 2.17. The van der Waals surface area contributed by atoms with E-state index in [0.717, 1.165) is 29.7 Å². The molecule has 3 amide bonds. The van der Waals surface area contributed by atoms with E-state index < -0.39 is 0 Å². The van der Waals surface area contributed by atoms with Crippen molar-refractivity contribution in [3.63, 3.8) is 0 Å². The van der Waals surface area contributed by atoms with Gasteiger partial charge in [0.1, 0.15) is 6.61 Å². The smallest absolute Gasteiger partial charge is 0.410 e. The van der Waals surface area contributed by atoms with Gasteiger partial charge in [0.2, 0.25) is 0 Å².